The third-order valence-electron chi connectivity index (χ3n) is 2.65. The van der Waals surface area contributed by atoms with Gasteiger partial charge in [0, 0.05) is 10.0 Å². The maximum absolute atomic E-state index is 12.5. The molecule has 21 heavy (non-hydrogen) atoms. The molecule has 0 aliphatic carbocycles. The minimum absolute atomic E-state index is 0.0438. The molecule has 8 heteroatoms. The Morgan fingerprint density at radius 3 is 2.48 bits per heavy atom. The SMILES string of the molecule is [2H]c1c(Cl)c([2H])c(N2C(=O)OC(C)(C(=O)OCC)C2=O)c([2H])c1Cl. The fraction of sp³-hybridized carbons (Fsp3) is 0.308. The molecule has 1 atom stereocenters. The van der Waals surface area contributed by atoms with Gasteiger partial charge >= 0.3 is 12.1 Å². The largest absolute Gasteiger partial charge is 0.463 e. The number of esters is 1. The second-order valence-electron chi connectivity index (χ2n) is 4.11. The van der Waals surface area contributed by atoms with Crippen LogP contribution in [0.2, 0.25) is 10.0 Å². The van der Waals surface area contributed by atoms with Crippen molar-refractivity contribution in [1.29, 1.82) is 0 Å². The van der Waals surface area contributed by atoms with Crippen LogP contribution in [0.1, 0.15) is 18.0 Å². The normalized spacial score (nSPS) is 23.4. The van der Waals surface area contributed by atoms with Gasteiger partial charge in [-0.25, -0.2) is 14.5 Å². The molecular formula is C13H11Cl2NO5. The zero-order valence-electron chi connectivity index (χ0n) is 14.0. The number of halogens is 2. The Hall–Kier alpha value is -1.79. The number of benzene rings is 1. The summed E-state index contributed by atoms with van der Waals surface area (Å²) in [4.78, 5) is 36.9. The molecule has 1 aromatic carbocycles. The van der Waals surface area contributed by atoms with Gasteiger partial charge in [-0.2, -0.15) is 0 Å². The quantitative estimate of drug-likeness (QED) is 0.627. The average molecular weight is 335 g/mol. The molecule has 0 radical (unpaired) electrons. The standard InChI is InChI=1S/C13H11Cl2NO5/c1-3-20-11(18)13(2)10(17)16(12(19)21-13)9-5-7(14)4-8(15)6-9/h4-6H,3H2,1-2H3/i4D,5D,6D. The Morgan fingerprint density at radius 2 is 1.95 bits per heavy atom. The first-order valence-electron chi connectivity index (χ1n) is 7.27. The number of rotatable bonds is 3. The van der Waals surface area contributed by atoms with E-state index >= 15 is 0 Å². The van der Waals surface area contributed by atoms with E-state index in [0.717, 1.165) is 6.92 Å². The Bertz CT molecular complexity index is 743. The first kappa shape index (κ1) is 11.8. The number of anilines is 1. The van der Waals surface area contributed by atoms with Crippen molar-refractivity contribution in [2.24, 2.45) is 0 Å². The van der Waals surface area contributed by atoms with Gasteiger partial charge in [0.15, 0.2) is 0 Å². The van der Waals surface area contributed by atoms with E-state index < -0.39 is 57.4 Å². The molecule has 0 saturated carbocycles. The number of imide groups is 1. The molecule has 0 aromatic heterocycles. The molecule has 6 nitrogen and oxygen atoms in total. The zero-order chi connectivity index (χ0) is 18.4. The highest BCUT2D eigenvalue weighted by molar-refractivity contribution is 6.36. The van der Waals surface area contributed by atoms with Crippen LogP contribution in [0.25, 0.3) is 0 Å². The lowest BCUT2D eigenvalue weighted by atomic mass is 10.1. The molecule has 0 spiro atoms. The highest BCUT2D eigenvalue weighted by Gasteiger charge is 2.57. The predicted molar refractivity (Wildman–Crippen MR) is 75.5 cm³/mol. The first-order valence-corrected chi connectivity index (χ1v) is 6.53. The van der Waals surface area contributed by atoms with Crippen molar-refractivity contribution in [2.75, 3.05) is 11.5 Å². The van der Waals surface area contributed by atoms with Crippen LogP contribution in [-0.2, 0) is 19.1 Å². The highest BCUT2D eigenvalue weighted by Crippen LogP contribution is 2.33. The summed E-state index contributed by atoms with van der Waals surface area (Å²) in [5.41, 5.74) is -2.81. The van der Waals surface area contributed by atoms with E-state index in [4.69, 9.17) is 36.8 Å². The smallest absolute Gasteiger partial charge is 0.423 e. The summed E-state index contributed by atoms with van der Waals surface area (Å²) in [6.07, 6.45) is -1.28. The van der Waals surface area contributed by atoms with Crippen LogP contribution in [0.15, 0.2) is 18.1 Å². The topological polar surface area (TPSA) is 72.9 Å². The Kier molecular flexibility index (Phi) is 3.12. The van der Waals surface area contributed by atoms with Crippen molar-refractivity contribution in [3.63, 3.8) is 0 Å². The fourth-order valence-electron chi connectivity index (χ4n) is 1.66. The van der Waals surface area contributed by atoms with Gasteiger partial charge in [0.05, 0.1) is 16.4 Å². The predicted octanol–water partition coefficient (Wildman–Crippen LogP) is 2.80. The lowest BCUT2D eigenvalue weighted by molar-refractivity contribution is -0.164. The molecule has 2 amide bonds. The van der Waals surface area contributed by atoms with Crippen LogP contribution in [-0.4, -0.2) is 30.2 Å². The summed E-state index contributed by atoms with van der Waals surface area (Å²) in [7, 11) is 0. The van der Waals surface area contributed by atoms with Crippen LogP contribution in [0.4, 0.5) is 10.5 Å². The van der Waals surface area contributed by atoms with E-state index in [1.807, 2.05) is 0 Å². The van der Waals surface area contributed by atoms with Crippen molar-refractivity contribution in [1.82, 2.24) is 0 Å². The maximum atomic E-state index is 12.5. The maximum Gasteiger partial charge on any atom is 0.423 e. The molecule has 1 fully saturated rings. The number of nitrogens with zero attached hydrogens (tertiary/aromatic N) is 1. The Labute approximate surface area is 134 Å². The van der Waals surface area contributed by atoms with E-state index in [1.54, 1.807) is 0 Å². The summed E-state index contributed by atoms with van der Waals surface area (Å²) in [5, 5.41) is -0.896. The van der Waals surface area contributed by atoms with Crippen molar-refractivity contribution < 1.29 is 28.0 Å². The molecular weight excluding hydrogens is 321 g/mol. The van der Waals surface area contributed by atoms with Gasteiger partial charge in [0.25, 0.3) is 11.5 Å². The highest BCUT2D eigenvalue weighted by atomic mass is 35.5. The summed E-state index contributed by atoms with van der Waals surface area (Å²) >= 11 is 11.6. The van der Waals surface area contributed by atoms with Crippen molar-refractivity contribution >= 4 is 46.9 Å². The summed E-state index contributed by atoms with van der Waals surface area (Å²) in [6.45, 7) is 2.51. The summed E-state index contributed by atoms with van der Waals surface area (Å²) < 4.78 is 32.9. The van der Waals surface area contributed by atoms with E-state index in [2.05, 4.69) is 0 Å². The van der Waals surface area contributed by atoms with Gasteiger partial charge in [-0.1, -0.05) is 23.2 Å². The van der Waals surface area contributed by atoms with Gasteiger partial charge in [0.2, 0.25) is 0 Å². The van der Waals surface area contributed by atoms with Gasteiger partial charge < -0.3 is 9.47 Å². The molecule has 1 unspecified atom stereocenters. The number of carbonyl (C=O) groups is 3. The number of amides is 2. The molecule has 1 aromatic rings. The van der Waals surface area contributed by atoms with Crippen molar-refractivity contribution in [3.8, 4) is 0 Å². The van der Waals surface area contributed by atoms with Gasteiger partial charge in [0.1, 0.15) is 0 Å². The minimum atomic E-state index is -2.25. The van der Waals surface area contributed by atoms with Crippen molar-refractivity contribution in [3.05, 3.63) is 28.2 Å². The molecule has 1 aliphatic heterocycles. The summed E-state index contributed by atoms with van der Waals surface area (Å²) in [5.74, 6) is -2.23. The van der Waals surface area contributed by atoms with Crippen LogP contribution in [0.3, 0.4) is 0 Å². The number of carbonyl (C=O) groups excluding carboxylic acids is 3. The molecule has 0 N–H and O–H groups in total. The molecule has 1 saturated heterocycles. The second-order valence-corrected chi connectivity index (χ2v) is 4.87. The van der Waals surface area contributed by atoms with Crippen LogP contribution in [0, 0.1) is 0 Å². The fourth-order valence-corrected chi connectivity index (χ4v) is 2.08. The van der Waals surface area contributed by atoms with E-state index in [9.17, 15) is 14.4 Å². The van der Waals surface area contributed by atoms with Gasteiger partial charge in [-0.15, -0.1) is 0 Å². The third kappa shape index (κ3) is 2.69. The number of ether oxygens (including phenoxy) is 2. The number of hydrogen-bond donors (Lipinski definition) is 0. The molecule has 1 aliphatic rings. The first-order chi connectivity index (χ1) is 11.1. The number of hydrogen-bond acceptors (Lipinski definition) is 5. The van der Waals surface area contributed by atoms with E-state index in [1.165, 1.54) is 6.92 Å². The third-order valence-corrected chi connectivity index (χ3v) is 3.03. The minimum Gasteiger partial charge on any atom is -0.463 e. The van der Waals surface area contributed by atoms with E-state index in [-0.39, 0.29) is 6.61 Å². The second kappa shape index (κ2) is 5.54. The Balaban J connectivity index is 2.61. The zero-order valence-corrected chi connectivity index (χ0v) is 12.5. The van der Waals surface area contributed by atoms with Gasteiger partial charge in [-0.05, 0) is 32.0 Å². The van der Waals surface area contributed by atoms with Crippen LogP contribution in [0.5, 0.6) is 0 Å². The van der Waals surface area contributed by atoms with Crippen LogP contribution >= 0.6 is 23.2 Å². The average Bonchev–Trinajstić information content (AvgIpc) is 2.76. The summed E-state index contributed by atoms with van der Waals surface area (Å²) in [6, 6.07) is -1.74. The van der Waals surface area contributed by atoms with Gasteiger partial charge in [-0.3, -0.25) is 4.79 Å². The monoisotopic (exact) mass is 334 g/mol. The molecule has 0 bridgehead atoms. The molecule has 1 heterocycles. The van der Waals surface area contributed by atoms with E-state index in [0.29, 0.717) is 4.90 Å². The lowest BCUT2D eigenvalue weighted by Gasteiger charge is -2.17. The molecule has 2 rings (SSSR count). The molecule has 112 valence electrons. The number of cyclic esters (lactones) is 1. The van der Waals surface area contributed by atoms with Crippen molar-refractivity contribution in [2.45, 2.75) is 19.4 Å². The van der Waals surface area contributed by atoms with Crippen LogP contribution < -0.4 is 4.90 Å². The Morgan fingerprint density at radius 1 is 1.38 bits per heavy atom. The lowest BCUT2D eigenvalue weighted by Crippen LogP contribution is -2.46.